The Kier molecular flexibility index (Phi) is 1.43. The number of aryl methyl sites for hydroxylation is 1. The second-order valence-electron chi connectivity index (χ2n) is 3.18. The predicted octanol–water partition coefficient (Wildman–Crippen LogP) is 0.608. The van der Waals surface area contributed by atoms with Crippen LogP contribution >= 0.6 is 0 Å². The number of imidazole rings is 1. The summed E-state index contributed by atoms with van der Waals surface area (Å²) in [6, 6.07) is 0. The zero-order valence-electron chi connectivity index (χ0n) is 6.77. The fraction of sp³-hybridized carbons (Fsp3) is 0.500. The van der Waals surface area contributed by atoms with E-state index in [-0.39, 0.29) is 11.8 Å². The van der Waals surface area contributed by atoms with Crippen LogP contribution in [0, 0.1) is 5.92 Å². The quantitative estimate of drug-likeness (QED) is 0.700. The molecule has 0 bridgehead atoms. The fourth-order valence-electron chi connectivity index (χ4n) is 1.49. The van der Waals surface area contributed by atoms with Crippen LogP contribution in [-0.4, -0.2) is 20.6 Å². The Hall–Kier alpha value is -1.32. The molecule has 1 aromatic heterocycles. The van der Waals surface area contributed by atoms with Crippen LogP contribution in [0.5, 0.6) is 0 Å². The van der Waals surface area contributed by atoms with Gasteiger partial charge in [0, 0.05) is 25.4 Å². The summed E-state index contributed by atoms with van der Waals surface area (Å²) in [5, 5.41) is 8.68. The van der Waals surface area contributed by atoms with E-state index in [4.69, 9.17) is 5.11 Å². The molecule has 1 N–H and O–H groups in total. The van der Waals surface area contributed by atoms with Crippen molar-refractivity contribution in [1.82, 2.24) is 9.55 Å². The van der Waals surface area contributed by atoms with Crippen LogP contribution < -0.4 is 0 Å². The molecule has 2 rings (SSSR count). The average molecular weight is 166 g/mol. The Balaban J connectivity index is 2.15. The third kappa shape index (κ3) is 0.995. The van der Waals surface area contributed by atoms with Gasteiger partial charge in [0.1, 0.15) is 5.82 Å². The monoisotopic (exact) mass is 166 g/mol. The van der Waals surface area contributed by atoms with Gasteiger partial charge in [-0.15, -0.1) is 0 Å². The third-order valence-electron chi connectivity index (χ3n) is 2.30. The first-order valence-corrected chi connectivity index (χ1v) is 3.90. The van der Waals surface area contributed by atoms with E-state index in [0.29, 0.717) is 0 Å². The second-order valence-corrected chi connectivity index (χ2v) is 3.18. The Morgan fingerprint density at radius 2 is 2.58 bits per heavy atom. The standard InChI is InChI=1S/C8H10N2O2/c1-10-3-2-9-7(10)5-4-6(5)8(11)12/h2-3,5-6H,4H2,1H3,(H,11,12)/t5-,6-/m0/s1. The van der Waals surface area contributed by atoms with Gasteiger partial charge in [-0.3, -0.25) is 4.79 Å². The number of carbonyl (C=O) groups is 1. The summed E-state index contributed by atoms with van der Waals surface area (Å²) < 4.78 is 1.88. The number of aromatic nitrogens is 2. The van der Waals surface area contributed by atoms with E-state index in [1.807, 2.05) is 17.8 Å². The second kappa shape index (κ2) is 2.33. The molecule has 1 heterocycles. The zero-order valence-corrected chi connectivity index (χ0v) is 6.77. The summed E-state index contributed by atoms with van der Waals surface area (Å²) in [4.78, 5) is 14.7. The summed E-state index contributed by atoms with van der Waals surface area (Å²) in [6.07, 6.45) is 4.28. The molecule has 64 valence electrons. The molecule has 12 heavy (non-hydrogen) atoms. The van der Waals surface area contributed by atoms with E-state index in [9.17, 15) is 4.79 Å². The third-order valence-corrected chi connectivity index (χ3v) is 2.30. The van der Waals surface area contributed by atoms with Crippen LogP contribution in [0.1, 0.15) is 18.2 Å². The van der Waals surface area contributed by atoms with E-state index in [1.165, 1.54) is 0 Å². The van der Waals surface area contributed by atoms with Crippen molar-refractivity contribution in [2.24, 2.45) is 13.0 Å². The van der Waals surface area contributed by atoms with Gasteiger partial charge >= 0.3 is 5.97 Å². The van der Waals surface area contributed by atoms with Gasteiger partial charge in [-0.1, -0.05) is 0 Å². The van der Waals surface area contributed by atoms with E-state index < -0.39 is 5.97 Å². The molecule has 1 fully saturated rings. The van der Waals surface area contributed by atoms with Crippen LogP contribution in [0.2, 0.25) is 0 Å². The van der Waals surface area contributed by atoms with Crippen LogP contribution in [0.3, 0.4) is 0 Å². The van der Waals surface area contributed by atoms with E-state index in [1.54, 1.807) is 6.20 Å². The number of aliphatic carboxylic acids is 1. The average Bonchev–Trinajstić information content (AvgIpc) is 2.70. The Bertz CT molecular complexity index is 319. The molecule has 0 aliphatic heterocycles. The molecule has 0 amide bonds. The smallest absolute Gasteiger partial charge is 0.307 e. The van der Waals surface area contributed by atoms with Crippen molar-refractivity contribution in [1.29, 1.82) is 0 Å². The molecule has 0 unspecified atom stereocenters. The molecule has 0 spiro atoms. The lowest BCUT2D eigenvalue weighted by Gasteiger charge is -1.97. The normalized spacial score (nSPS) is 27.1. The van der Waals surface area contributed by atoms with Gasteiger partial charge < -0.3 is 9.67 Å². The Labute approximate surface area is 69.8 Å². The van der Waals surface area contributed by atoms with Crippen molar-refractivity contribution in [2.75, 3.05) is 0 Å². The molecular formula is C8H10N2O2. The minimum Gasteiger partial charge on any atom is -0.481 e. The zero-order chi connectivity index (χ0) is 8.72. The molecule has 2 atom stereocenters. The molecule has 0 saturated heterocycles. The highest BCUT2D eigenvalue weighted by molar-refractivity contribution is 5.74. The first-order valence-electron chi connectivity index (χ1n) is 3.90. The van der Waals surface area contributed by atoms with E-state index >= 15 is 0 Å². The van der Waals surface area contributed by atoms with Gasteiger partial charge in [0.05, 0.1) is 5.92 Å². The maximum absolute atomic E-state index is 10.5. The highest BCUT2D eigenvalue weighted by Crippen LogP contribution is 2.46. The Morgan fingerprint density at radius 1 is 1.83 bits per heavy atom. The molecule has 4 heteroatoms. The van der Waals surface area contributed by atoms with E-state index in [2.05, 4.69) is 4.98 Å². The summed E-state index contributed by atoms with van der Waals surface area (Å²) in [5.74, 6) is 0.124. The summed E-state index contributed by atoms with van der Waals surface area (Å²) >= 11 is 0. The van der Waals surface area contributed by atoms with Crippen molar-refractivity contribution < 1.29 is 9.90 Å². The molecule has 0 aromatic carbocycles. The topological polar surface area (TPSA) is 55.1 Å². The number of hydrogen-bond donors (Lipinski definition) is 1. The largest absolute Gasteiger partial charge is 0.481 e. The number of nitrogens with zero attached hydrogens (tertiary/aromatic N) is 2. The number of hydrogen-bond acceptors (Lipinski definition) is 2. The van der Waals surface area contributed by atoms with Crippen molar-refractivity contribution in [3.8, 4) is 0 Å². The molecule has 0 radical (unpaired) electrons. The van der Waals surface area contributed by atoms with Gasteiger partial charge in [0.2, 0.25) is 0 Å². The summed E-state index contributed by atoms with van der Waals surface area (Å²) in [6.45, 7) is 0. The van der Waals surface area contributed by atoms with Gasteiger partial charge in [-0.25, -0.2) is 4.98 Å². The minimum atomic E-state index is -0.706. The molecular weight excluding hydrogens is 156 g/mol. The van der Waals surface area contributed by atoms with Crippen LogP contribution in [0.15, 0.2) is 12.4 Å². The van der Waals surface area contributed by atoms with Crippen molar-refractivity contribution in [3.63, 3.8) is 0 Å². The number of carboxylic acid groups (broad SMARTS) is 1. The highest BCUT2D eigenvalue weighted by Gasteiger charge is 2.46. The lowest BCUT2D eigenvalue weighted by atomic mass is 10.3. The molecule has 1 aliphatic rings. The molecule has 4 nitrogen and oxygen atoms in total. The SMILES string of the molecule is Cn1ccnc1[C@H]1C[C@@H]1C(=O)O. The van der Waals surface area contributed by atoms with Crippen molar-refractivity contribution >= 4 is 5.97 Å². The summed E-state index contributed by atoms with van der Waals surface area (Å²) in [7, 11) is 1.89. The van der Waals surface area contributed by atoms with Gasteiger partial charge in [0.15, 0.2) is 0 Å². The lowest BCUT2D eigenvalue weighted by molar-refractivity contribution is -0.138. The van der Waals surface area contributed by atoms with E-state index in [0.717, 1.165) is 12.2 Å². The van der Waals surface area contributed by atoms with Gasteiger partial charge in [-0.2, -0.15) is 0 Å². The number of carboxylic acids is 1. The first-order chi connectivity index (χ1) is 5.70. The molecule has 1 saturated carbocycles. The van der Waals surface area contributed by atoms with Crippen LogP contribution in [0.4, 0.5) is 0 Å². The summed E-state index contributed by atoms with van der Waals surface area (Å²) in [5.41, 5.74) is 0. The molecule has 1 aliphatic carbocycles. The number of rotatable bonds is 2. The van der Waals surface area contributed by atoms with Gasteiger partial charge in [0.25, 0.3) is 0 Å². The fourth-order valence-corrected chi connectivity index (χ4v) is 1.49. The van der Waals surface area contributed by atoms with Crippen molar-refractivity contribution in [3.05, 3.63) is 18.2 Å². The van der Waals surface area contributed by atoms with Gasteiger partial charge in [-0.05, 0) is 6.42 Å². The predicted molar refractivity (Wildman–Crippen MR) is 41.7 cm³/mol. The van der Waals surface area contributed by atoms with Crippen LogP contribution in [-0.2, 0) is 11.8 Å². The highest BCUT2D eigenvalue weighted by atomic mass is 16.4. The van der Waals surface area contributed by atoms with Crippen LogP contribution in [0.25, 0.3) is 0 Å². The lowest BCUT2D eigenvalue weighted by Crippen LogP contribution is -2.02. The van der Waals surface area contributed by atoms with Crippen molar-refractivity contribution in [2.45, 2.75) is 12.3 Å². The minimum absolute atomic E-state index is 0.141. The first kappa shape index (κ1) is 7.34. The maximum Gasteiger partial charge on any atom is 0.307 e. The Morgan fingerprint density at radius 3 is 3.00 bits per heavy atom. The maximum atomic E-state index is 10.5. The molecule has 1 aromatic rings.